The third-order valence-corrected chi connectivity index (χ3v) is 4.24. The van der Waals surface area contributed by atoms with Crippen LogP contribution in [0.5, 0.6) is 0 Å². The van der Waals surface area contributed by atoms with E-state index >= 15 is 0 Å². The number of ether oxygens (including phenoxy) is 1. The molecule has 4 nitrogen and oxygen atoms in total. The van der Waals surface area contributed by atoms with Gasteiger partial charge in [0.2, 0.25) is 0 Å². The standard InChI is InChI=1S/C12H20N2O2/c15-12(11-6-13-4-5-16-11)14-7-9-2-1-3-10(9)8-14/h9-11,13H,1-8H2. The number of nitrogens with one attached hydrogen (secondary N) is 1. The van der Waals surface area contributed by atoms with Crippen molar-refractivity contribution in [2.45, 2.75) is 25.4 Å². The summed E-state index contributed by atoms with van der Waals surface area (Å²) in [6, 6.07) is 0. The zero-order chi connectivity index (χ0) is 11.0. The van der Waals surface area contributed by atoms with Crippen molar-refractivity contribution in [3.63, 3.8) is 0 Å². The summed E-state index contributed by atoms with van der Waals surface area (Å²) in [5, 5.41) is 3.22. The summed E-state index contributed by atoms with van der Waals surface area (Å²) in [6.45, 7) is 4.17. The van der Waals surface area contributed by atoms with Gasteiger partial charge in [0.05, 0.1) is 6.61 Å². The van der Waals surface area contributed by atoms with Crippen molar-refractivity contribution < 1.29 is 9.53 Å². The highest BCUT2D eigenvalue weighted by Crippen LogP contribution is 2.37. The molecular weight excluding hydrogens is 204 g/mol. The second kappa shape index (κ2) is 4.34. The Balaban J connectivity index is 1.59. The van der Waals surface area contributed by atoms with E-state index in [1.807, 2.05) is 4.90 Å². The Hall–Kier alpha value is -0.610. The lowest BCUT2D eigenvalue weighted by Gasteiger charge is -2.27. The summed E-state index contributed by atoms with van der Waals surface area (Å²) in [5.41, 5.74) is 0. The maximum atomic E-state index is 12.2. The lowest BCUT2D eigenvalue weighted by atomic mass is 10.0. The van der Waals surface area contributed by atoms with Crippen LogP contribution in [0.3, 0.4) is 0 Å². The number of hydrogen-bond acceptors (Lipinski definition) is 3. The highest BCUT2D eigenvalue weighted by atomic mass is 16.5. The third-order valence-electron chi connectivity index (χ3n) is 4.24. The van der Waals surface area contributed by atoms with Gasteiger partial charge in [-0.1, -0.05) is 6.42 Å². The molecule has 1 N–H and O–H groups in total. The SMILES string of the molecule is O=C(C1CNCCO1)N1CC2CCCC2C1. The van der Waals surface area contributed by atoms with E-state index in [1.54, 1.807) is 0 Å². The molecule has 16 heavy (non-hydrogen) atoms. The van der Waals surface area contributed by atoms with E-state index in [0.717, 1.165) is 31.5 Å². The van der Waals surface area contributed by atoms with Crippen molar-refractivity contribution in [3.05, 3.63) is 0 Å². The Bertz CT molecular complexity index is 264. The van der Waals surface area contributed by atoms with E-state index in [4.69, 9.17) is 4.74 Å². The number of amides is 1. The molecule has 2 saturated heterocycles. The molecule has 0 aromatic carbocycles. The molecule has 3 aliphatic rings. The first-order chi connectivity index (χ1) is 7.84. The van der Waals surface area contributed by atoms with Gasteiger partial charge in [-0.05, 0) is 24.7 Å². The van der Waals surface area contributed by atoms with Gasteiger partial charge in [0, 0.05) is 26.2 Å². The molecule has 4 heteroatoms. The van der Waals surface area contributed by atoms with Gasteiger partial charge in [0.1, 0.15) is 6.10 Å². The van der Waals surface area contributed by atoms with Gasteiger partial charge < -0.3 is 15.0 Å². The number of hydrogen-bond donors (Lipinski definition) is 1. The highest BCUT2D eigenvalue weighted by Gasteiger charge is 2.40. The van der Waals surface area contributed by atoms with E-state index in [-0.39, 0.29) is 12.0 Å². The third kappa shape index (κ3) is 1.84. The Morgan fingerprint density at radius 3 is 2.62 bits per heavy atom. The van der Waals surface area contributed by atoms with Gasteiger partial charge in [0.15, 0.2) is 0 Å². The van der Waals surface area contributed by atoms with Gasteiger partial charge in [-0.2, -0.15) is 0 Å². The fourth-order valence-corrected chi connectivity index (χ4v) is 3.34. The molecule has 3 fully saturated rings. The molecule has 0 aromatic heterocycles. The molecule has 2 aliphatic heterocycles. The lowest BCUT2D eigenvalue weighted by molar-refractivity contribution is -0.144. The summed E-state index contributed by atoms with van der Waals surface area (Å²) in [4.78, 5) is 14.2. The first kappa shape index (κ1) is 10.5. The minimum absolute atomic E-state index is 0.210. The Kier molecular flexibility index (Phi) is 2.86. The van der Waals surface area contributed by atoms with Crippen molar-refractivity contribution in [2.24, 2.45) is 11.8 Å². The minimum Gasteiger partial charge on any atom is -0.366 e. The lowest BCUT2D eigenvalue weighted by Crippen LogP contribution is -2.49. The van der Waals surface area contributed by atoms with Crippen LogP contribution in [0.25, 0.3) is 0 Å². The predicted octanol–water partition coefficient (Wildman–Crippen LogP) is 0.233. The van der Waals surface area contributed by atoms with E-state index in [1.165, 1.54) is 19.3 Å². The van der Waals surface area contributed by atoms with Crippen LogP contribution < -0.4 is 5.32 Å². The molecule has 3 rings (SSSR count). The first-order valence-electron chi connectivity index (χ1n) is 6.45. The van der Waals surface area contributed by atoms with E-state index in [0.29, 0.717) is 13.2 Å². The Labute approximate surface area is 96.3 Å². The van der Waals surface area contributed by atoms with Crippen LogP contribution in [0.2, 0.25) is 0 Å². The van der Waals surface area contributed by atoms with Crippen molar-refractivity contribution in [3.8, 4) is 0 Å². The molecule has 0 aromatic rings. The molecule has 3 unspecified atom stereocenters. The Morgan fingerprint density at radius 2 is 2.00 bits per heavy atom. The summed E-state index contributed by atoms with van der Waals surface area (Å²) in [7, 11) is 0. The largest absolute Gasteiger partial charge is 0.366 e. The molecule has 0 bridgehead atoms. The molecule has 1 aliphatic carbocycles. The van der Waals surface area contributed by atoms with Crippen LogP contribution in [0.4, 0.5) is 0 Å². The summed E-state index contributed by atoms with van der Waals surface area (Å²) in [5.74, 6) is 1.77. The number of morpholine rings is 1. The monoisotopic (exact) mass is 224 g/mol. The summed E-state index contributed by atoms with van der Waals surface area (Å²) in [6.07, 6.45) is 3.77. The van der Waals surface area contributed by atoms with Gasteiger partial charge in [0.25, 0.3) is 5.91 Å². The molecule has 3 atom stereocenters. The summed E-state index contributed by atoms with van der Waals surface area (Å²) < 4.78 is 5.52. The average Bonchev–Trinajstić information content (AvgIpc) is 2.89. The van der Waals surface area contributed by atoms with Crippen molar-refractivity contribution >= 4 is 5.91 Å². The quantitative estimate of drug-likeness (QED) is 0.693. The fourth-order valence-electron chi connectivity index (χ4n) is 3.34. The van der Waals surface area contributed by atoms with Crippen LogP contribution in [0, 0.1) is 11.8 Å². The van der Waals surface area contributed by atoms with Crippen LogP contribution in [0.15, 0.2) is 0 Å². The zero-order valence-corrected chi connectivity index (χ0v) is 9.65. The van der Waals surface area contributed by atoms with E-state index < -0.39 is 0 Å². The van der Waals surface area contributed by atoms with Crippen molar-refractivity contribution in [1.29, 1.82) is 0 Å². The maximum Gasteiger partial charge on any atom is 0.253 e. The van der Waals surface area contributed by atoms with Crippen LogP contribution in [-0.2, 0) is 9.53 Å². The van der Waals surface area contributed by atoms with Crippen molar-refractivity contribution in [1.82, 2.24) is 10.2 Å². The van der Waals surface area contributed by atoms with Gasteiger partial charge >= 0.3 is 0 Å². The smallest absolute Gasteiger partial charge is 0.253 e. The molecule has 90 valence electrons. The van der Waals surface area contributed by atoms with E-state index in [2.05, 4.69) is 5.32 Å². The number of fused-ring (bicyclic) bond motifs is 1. The topological polar surface area (TPSA) is 41.6 Å². The number of rotatable bonds is 1. The first-order valence-corrected chi connectivity index (χ1v) is 6.45. The molecule has 1 saturated carbocycles. The van der Waals surface area contributed by atoms with Crippen LogP contribution >= 0.6 is 0 Å². The summed E-state index contributed by atoms with van der Waals surface area (Å²) >= 11 is 0. The number of nitrogens with zero attached hydrogens (tertiary/aromatic N) is 1. The maximum absolute atomic E-state index is 12.2. The van der Waals surface area contributed by atoms with Crippen LogP contribution in [-0.4, -0.2) is 49.7 Å². The number of carbonyl (C=O) groups is 1. The number of carbonyl (C=O) groups excluding carboxylic acids is 1. The second-order valence-electron chi connectivity index (χ2n) is 5.26. The van der Waals surface area contributed by atoms with Crippen molar-refractivity contribution in [2.75, 3.05) is 32.8 Å². The van der Waals surface area contributed by atoms with Gasteiger partial charge in [-0.25, -0.2) is 0 Å². The van der Waals surface area contributed by atoms with E-state index in [9.17, 15) is 4.79 Å². The molecule has 2 heterocycles. The highest BCUT2D eigenvalue weighted by molar-refractivity contribution is 5.81. The molecule has 0 radical (unpaired) electrons. The molecule has 0 spiro atoms. The van der Waals surface area contributed by atoms with Crippen LogP contribution in [0.1, 0.15) is 19.3 Å². The average molecular weight is 224 g/mol. The molecular formula is C12H20N2O2. The Morgan fingerprint density at radius 1 is 1.25 bits per heavy atom. The van der Waals surface area contributed by atoms with Gasteiger partial charge in [-0.3, -0.25) is 4.79 Å². The normalized spacial score (nSPS) is 38.8. The second-order valence-corrected chi connectivity index (χ2v) is 5.26. The zero-order valence-electron chi connectivity index (χ0n) is 9.65. The molecule has 1 amide bonds. The fraction of sp³-hybridized carbons (Fsp3) is 0.917. The number of likely N-dealkylation sites (tertiary alicyclic amines) is 1. The van der Waals surface area contributed by atoms with Gasteiger partial charge in [-0.15, -0.1) is 0 Å². The predicted molar refractivity (Wildman–Crippen MR) is 60.0 cm³/mol. The minimum atomic E-state index is -0.229.